The van der Waals surface area contributed by atoms with Crippen molar-refractivity contribution in [2.75, 3.05) is 0 Å². The van der Waals surface area contributed by atoms with Crippen LogP contribution in [0.15, 0.2) is 36.9 Å². The Kier molecular flexibility index (Phi) is 3.32. The lowest BCUT2D eigenvalue weighted by Gasteiger charge is -2.38. The maximum absolute atomic E-state index is 11.9. The molecule has 1 atom stereocenters. The minimum atomic E-state index is 0.0400. The molecule has 17 heavy (non-hydrogen) atoms. The lowest BCUT2D eigenvalue weighted by molar-refractivity contribution is -0.130. The van der Waals surface area contributed by atoms with Crippen LogP contribution >= 0.6 is 0 Å². The third-order valence-electron chi connectivity index (χ3n) is 3.52. The van der Waals surface area contributed by atoms with E-state index >= 15 is 0 Å². The zero-order chi connectivity index (χ0) is 12.4. The highest BCUT2D eigenvalue weighted by molar-refractivity contribution is 5.87. The van der Waals surface area contributed by atoms with Crippen LogP contribution in [-0.2, 0) is 17.8 Å². The van der Waals surface area contributed by atoms with Gasteiger partial charge in [-0.2, -0.15) is 0 Å². The van der Waals surface area contributed by atoms with Gasteiger partial charge in [-0.05, 0) is 29.5 Å². The van der Waals surface area contributed by atoms with E-state index in [0.717, 1.165) is 6.42 Å². The van der Waals surface area contributed by atoms with Crippen molar-refractivity contribution < 1.29 is 4.79 Å². The van der Waals surface area contributed by atoms with Crippen molar-refractivity contribution >= 4 is 5.91 Å². The van der Waals surface area contributed by atoms with Gasteiger partial charge in [0.25, 0.3) is 0 Å². The molecule has 1 aliphatic heterocycles. The van der Waals surface area contributed by atoms with Gasteiger partial charge in [0.05, 0.1) is 0 Å². The Morgan fingerprint density at radius 2 is 2.06 bits per heavy atom. The van der Waals surface area contributed by atoms with Crippen molar-refractivity contribution in [1.29, 1.82) is 0 Å². The van der Waals surface area contributed by atoms with Crippen LogP contribution in [0.5, 0.6) is 0 Å². The summed E-state index contributed by atoms with van der Waals surface area (Å²) < 4.78 is 0. The fraction of sp³-hybridized carbons (Fsp3) is 0.400. The van der Waals surface area contributed by atoms with Crippen molar-refractivity contribution in [1.82, 2.24) is 4.90 Å². The Morgan fingerprint density at radius 3 is 2.65 bits per heavy atom. The Balaban J connectivity index is 2.34. The molecule has 90 valence electrons. The van der Waals surface area contributed by atoms with Crippen LogP contribution < -0.4 is 0 Å². The van der Waals surface area contributed by atoms with E-state index in [4.69, 9.17) is 0 Å². The maximum atomic E-state index is 11.9. The lowest BCUT2D eigenvalue weighted by atomic mass is 9.88. The summed E-state index contributed by atoms with van der Waals surface area (Å²) in [6.07, 6.45) is 2.37. The van der Waals surface area contributed by atoms with Gasteiger partial charge in [0.1, 0.15) is 0 Å². The van der Waals surface area contributed by atoms with Crippen molar-refractivity contribution in [2.24, 2.45) is 5.92 Å². The highest BCUT2D eigenvalue weighted by Gasteiger charge is 2.30. The van der Waals surface area contributed by atoms with Crippen molar-refractivity contribution in [3.8, 4) is 0 Å². The van der Waals surface area contributed by atoms with E-state index in [-0.39, 0.29) is 11.9 Å². The number of nitrogens with zero attached hydrogens (tertiary/aromatic N) is 1. The molecule has 0 aromatic heterocycles. The van der Waals surface area contributed by atoms with E-state index in [9.17, 15) is 4.79 Å². The molecule has 1 aromatic carbocycles. The molecule has 2 rings (SSSR count). The van der Waals surface area contributed by atoms with Crippen molar-refractivity contribution in [3.63, 3.8) is 0 Å². The van der Waals surface area contributed by atoms with E-state index in [1.54, 1.807) is 0 Å². The van der Waals surface area contributed by atoms with Crippen LogP contribution in [0.2, 0.25) is 0 Å². The monoisotopic (exact) mass is 229 g/mol. The number of carbonyl (C=O) groups excluding carboxylic acids is 1. The van der Waals surface area contributed by atoms with E-state index in [2.05, 4.69) is 38.6 Å². The molecule has 2 nitrogen and oxygen atoms in total. The number of amides is 1. The summed E-state index contributed by atoms with van der Waals surface area (Å²) >= 11 is 0. The second-order valence-corrected chi connectivity index (χ2v) is 4.95. The van der Waals surface area contributed by atoms with Crippen molar-refractivity contribution in [2.45, 2.75) is 32.9 Å². The average Bonchev–Trinajstić information content (AvgIpc) is 2.36. The van der Waals surface area contributed by atoms with E-state index in [1.807, 2.05) is 11.0 Å². The Hall–Kier alpha value is -1.57. The minimum absolute atomic E-state index is 0.0400. The third-order valence-corrected chi connectivity index (χ3v) is 3.52. The van der Waals surface area contributed by atoms with Gasteiger partial charge < -0.3 is 4.90 Å². The number of rotatable bonds is 2. The SMILES string of the molecule is C=CC(=O)N1Cc2ccccc2CC1C(C)C. The molecular formula is C15H19NO. The minimum Gasteiger partial charge on any atom is -0.331 e. The molecule has 1 aliphatic rings. The van der Waals surface area contributed by atoms with Crippen LogP contribution in [0, 0.1) is 5.92 Å². The summed E-state index contributed by atoms with van der Waals surface area (Å²) in [5, 5.41) is 0. The molecule has 2 heteroatoms. The summed E-state index contributed by atoms with van der Waals surface area (Å²) in [4.78, 5) is 13.8. The van der Waals surface area contributed by atoms with E-state index in [1.165, 1.54) is 17.2 Å². The number of hydrogen-bond acceptors (Lipinski definition) is 1. The van der Waals surface area contributed by atoms with Gasteiger partial charge in [-0.3, -0.25) is 4.79 Å². The molecule has 1 aromatic rings. The number of fused-ring (bicyclic) bond motifs is 1. The van der Waals surface area contributed by atoms with Crippen LogP contribution in [-0.4, -0.2) is 16.8 Å². The Morgan fingerprint density at radius 1 is 1.41 bits per heavy atom. The molecule has 0 spiro atoms. The summed E-state index contributed by atoms with van der Waals surface area (Å²) in [5.41, 5.74) is 2.64. The topological polar surface area (TPSA) is 20.3 Å². The van der Waals surface area contributed by atoms with Gasteiger partial charge in [0, 0.05) is 12.6 Å². The molecule has 0 bridgehead atoms. The first kappa shape index (κ1) is 11.9. The molecular weight excluding hydrogens is 210 g/mol. The maximum Gasteiger partial charge on any atom is 0.246 e. The normalized spacial score (nSPS) is 19.0. The molecule has 1 unspecified atom stereocenters. The van der Waals surface area contributed by atoms with Gasteiger partial charge in [0.2, 0.25) is 5.91 Å². The van der Waals surface area contributed by atoms with Crippen LogP contribution in [0.4, 0.5) is 0 Å². The first-order valence-corrected chi connectivity index (χ1v) is 6.13. The standard InChI is InChI=1S/C15H19NO/c1-4-15(17)16-10-13-8-6-5-7-12(13)9-14(16)11(2)3/h4-8,11,14H,1,9-10H2,2-3H3. The second kappa shape index (κ2) is 4.74. The molecule has 1 amide bonds. The molecule has 0 saturated heterocycles. The highest BCUT2D eigenvalue weighted by atomic mass is 16.2. The zero-order valence-corrected chi connectivity index (χ0v) is 10.5. The van der Waals surface area contributed by atoms with Gasteiger partial charge >= 0.3 is 0 Å². The number of benzene rings is 1. The van der Waals surface area contributed by atoms with Crippen LogP contribution in [0.1, 0.15) is 25.0 Å². The van der Waals surface area contributed by atoms with E-state index in [0.29, 0.717) is 12.5 Å². The van der Waals surface area contributed by atoms with Crippen LogP contribution in [0.3, 0.4) is 0 Å². The summed E-state index contributed by atoms with van der Waals surface area (Å²) in [5.74, 6) is 0.505. The van der Waals surface area contributed by atoms with Crippen LogP contribution in [0.25, 0.3) is 0 Å². The predicted octanol–water partition coefficient (Wildman–Crippen LogP) is 2.78. The molecule has 0 fully saturated rings. The fourth-order valence-electron chi connectivity index (χ4n) is 2.50. The molecule has 0 saturated carbocycles. The fourth-order valence-corrected chi connectivity index (χ4v) is 2.50. The Labute approximate surface area is 103 Å². The number of carbonyl (C=O) groups is 1. The second-order valence-electron chi connectivity index (χ2n) is 4.95. The zero-order valence-electron chi connectivity index (χ0n) is 10.5. The first-order chi connectivity index (χ1) is 8.13. The average molecular weight is 229 g/mol. The number of hydrogen-bond donors (Lipinski definition) is 0. The highest BCUT2D eigenvalue weighted by Crippen LogP contribution is 2.27. The largest absolute Gasteiger partial charge is 0.331 e. The summed E-state index contributed by atoms with van der Waals surface area (Å²) in [6, 6.07) is 8.66. The smallest absolute Gasteiger partial charge is 0.246 e. The molecule has 0 N–H and O–H groups in total. The third kappa shape index (κ3) is 2.26. The van der Waals surface area contributed by atoms with Gasteiger partial charge in [-0.15, -0.1) is 0 Å². The summed E-state index contributed by atoms with van der Waals surface area (Å²) in [6.45, 7) is 8.64. The first-order valence-electron chi connectivity index (χ1n) is 6.13. The van der Waals surface area contributed by atoms with Gasteiger partial charge in [0.15, 0.2) is 0 Å². The van der Waals surface area contributed by atoms with Gasteiger partial charge in [-0.25, -0.2) is 0 Å². The Bertz CT molecular complexity index is 436. The van der Waals surface area contributed by atoms with Gasteiger partial charge in [-0.1, -0.05) is 44.7 Å². The molecule has 1 heterocycles. The molecule has 0 radical (unpaired) electrons. The quantitative estimate of drug-likeness (QED) is 0.714. The summed E-state index contributed by atoms with van der Waals surface area (Å²) in [7, 11) is 0. The predicted molar refractivity (Wildman–Crippen MR) is 69.5 cm³/mol. The lowest BCUT2D eigenvalue weighted by Crippen LogP contribution is -2.46. The molecule has 0 aliphatic carbocycles. The van der Waals surface area contributed by atoms with Crippen molar-refractivity contribution in [3.05, 3.63) is 48.0 Å². The van der Waals surface area contributed by atoms with E-state index < -0.39 is 0 Å².